The van der Waals surface area contributed by atoms with E-state index in [2.05, 4.69) is 55.5 Å². The molecule has 0 N–H and O–H groups in total. The summed E-state index contributed by atoms with van der Waals surface area (Å²) in [5.41, 5.74) is 4.06. The van der Waals surface area contributed by atoms with Gasteiger partial charge in [0, 0.05) is 25.2 Å². The summed E-state index contributed by atoms with van der Waals surface area (Å²) in [6, 6.07) is 6.78. The van der Waals surface area contributed by atoms with Crippen LogP contribution in [0.1, 0.15) is 37.8 Å². The molecule has 19 heavy (non-hydrogen) atoms. The molecule has 1 aromatic rings. The summed E-state index contributed by atoms with van der Waals surface area (Å²) in [5.74, 6) is 0. The van der Waals surface area contributed by atoms with Gasteiger partial charge in [0.2, 0.25) is 0 Å². The minimum absolute atomic E-state index is 0.826. The Balaban J connectivity index is 0.000000550. The molecule has 0 aromatic heterocycles. The van der Waals surface area contributed by atoms with Crippen molar-refractivity contribution in [3.63, 3.8) is 0 Å². The van der Waals surface area contributed by atoms with Gasteiger partial charge in [0.15, 0.2) is 0 Å². The minimum atomic E-state index is -0.826. The van der Waals surface area contributed by atoms with Gasteiger partial charge in [0.1, 0.15) is 0 Å². The Morgan fingerprint density at radius 2 is 1.68 bits per heavy atom. The number of fused-ring (bicyclic) bond motifs is 1. The number of allylic oxidation sites excluding steroid dienone is 1. The Morgan fingerprint density at radius 1 is 1.05 bits per heavy atom. The second-order valence-electron chi connectivity index (χ2n) is 4.40. The zero-order valence-electron chi connectivity index (χ0n) is 11.5. The number of hydrogen-bond donors (Lipinski definition) is 0. The number of benzene rings is 1. The third kappa shape index (κ3) is 5.62. The van der Waals surface area contributed by atoms with E-state index in [0.29, 0.717) is 0 Å². The summed E-state index contributed by atoms with van der Waals surface area (Å²) in [4.78, 5) is 2.48. The molecule has 2 rings (SSSR count). The molecule has 0 saturated carbocycles. The Kier molecular flexibility index (Phi) is 9.11. The van der Waals surface area contributed by atoms with Crippen LogP contribution in [0.5, 0.6) is 0 Å². The first kappa shape index (κ1) is 17.3. The molecule has 1 aliphatic carbocycles. The fourth-order valence-electron chi connectivity index (χ4n) is 2.22. The molecule has 0 atom stereocenters. The van der Waals surface area contributed by atoms with Crippen LogP contribution in [-0.4, -0.2) is 13.1 Å². The predicted octanol–water partition coefficient (Wildman–Crippen LogP) is 5.27. The normalized spacial score (nSPS) is 11.6. The Morgan fingerprint density at radius 3 is 2.26 bits per heavy atom. The van der Waals surface area contributed by atoms with E-state index in [-0.39, 0.29) is 0 Å². The molecule has 0 aliphatic heterocycles. The van der Waals surface area contributed by atoms with Crippen molar-refractivity contribution in [3.8, 4) is 0 Å². The van der Waals surface area contributed by atoms with Gasteiger partial charge >= 0.3 is 37.9 Å². The molecular formula is C15H20Cl2NZr. The van der Waals surface area contributed by atoms with E-state index in [0.717, 1.165) is 13.1 Å². The average molecular weight is 376 g/mol. The van der Waals surface area contributed by atoms with Crippen LogP contribution in [0.25, 0.3) is 6.08 Å². The molecular weight excluding hydrogens is 356 g/mol. The molecule has 0 saturated heterocycles. The zero-order valence-corrected chi connectivity index (χ0v) is 15.5. The third-order valence-electron chi connectivity index (χ3n) is 2.97. The van der Waals surface area contributed by atoms with E-state index in [1.807, 2.05) is 0 Å². The van der Waals surface area contributed by atoms with Gasteiger partial charge in [-0.1, -0.05) is 32.1 Å². The van der Waals surface area contributed by atoms with E-state index in [4.69, 9.17) is 17.0 Å². The second-order valence-corrected chi connectivity index (χ2v) is 8.13. The van der Waals surface area contributed by atoms with Crippen LogP contribution >= 0.6 is 17.0 Å². The molecule has 1 radical (unpaired) electrons. The monoisotopic (exact) mass is 374 g/mol. The van der Waals surface area contributed by atoms with Crippen molar-refractivity contribution in [2.45, 2.75) is 26.7 Å². The van der Waals surface area contributed by atoms with Crippen molar-refractivity contribution in [3.05, 3.63) is 41.8 Å². The molecule has 0 heterocycles. The van der Waals surface area contributed by atoms with Crippen LogP contribution in [0, 0.1) is 6.42 Å². The molecule has 0 spiro atoms. The van der Waals surface area contributed by atoms with Crippen molar-refractivity contribution >= 4 is 28.8 Å². The van der Waals surface area contributed by atoms with Gasteiger partial charge in [-0.2, -0.15) is 0 Å². The van der Waals surface area contributed by atoms with E-state index < -0.39 is 20.8 Å². The van der Waals surface area contributed by atoms with E-state index in [9.17, 15) is 0 Å². The number of rotatable bonds is 5. The van der Waals surface area contributed by atoms with Crippen LogP contribution in [0.3, 0.4) is 0 Å². The fraction of sp³-hybridized carbons (Fsp3) is 0.400. The summed E-state index contributed by atoms with van der Waals surface area (Å²) in [5, 5.41) is 0. The molecule has 4 heteroatoms. The van der Waals surface area contributed by atoms with Crippen LogP contribution in [-0.2, 0) is 20.8 Å². The van der Waals surface area contributed by atoms with E-state index in [1.165, 1.54) is 29.7 Å². The molecule has 0 fully saturated rings. The maximum absolute atomic E-state index is 4.93. The molecule has 1 aliphatic rings. The Bertz CT molecular complexity index is 401. The average Bonchev–Trinajstić information content (AvgIpc) is 2.86. The summed E-state index contributed by atoms with van der Waals surface area (Å²) < 4.78 is 0. The first-order chi connectivity index (χ1) is 9.26. The fourth-order valence-corrected chi connectivity index (χ4v) is 2.22. The number of hydrogen-bond acceptors (Lipinski definition) is 1. The standard InChI is InChI=1S/C15H20N.2ClH.Zr/c1-3-10-16(11-4-2)15-9-8-13-6-5-7-14(13)12-15;;;/h5-9,12H,3-4,10-11H2,1-2H3;2*1H;/q;;;+2/p-2. The first-order valence-electron chi connectivity index (χ1n) is 6.63. The van der Waals surface area contributed by atoms with Gasteiger partial charge in [-0.3, -0.25) is 0 Å². The van der Waals surface area contributed by atoms with Crippen molar-refractivity contribution in [1.82, 2.24) is 0 Å². The van der Waals surface area contributed by atoms with Gasteiger partial charge in [0.25, 0.3) is 0 Å². The maximum atomic E-state index is 4.93. The van der Waals surface area contributed by atoms with Crippen LogP contribution in [0.4, 0.5) is 5.69 Å². The van der Waals surface area contributed by atoms with Gasteiger partial charge in [-0.15, -0.1) is 0 Å². The molecule has 0 amide bonds. The summed E-state index contributed by atoms with van der Waals surface area (Å²) in [6.07, 6.45) is 8.90. The molecule has 103 valence electrons. The number of nitrogens with zero attached hydrogens (tertiary/aromatic N) is 1. The summed E-state index contributed by atoms with van der Waals surface area (Å²) in [6.45, 7) is 6.79. The quantitative estimate of drug-likeness (QED) is 0.677. The van der Waals surface area contributed by atoms with E-state index in [1.54, 1.807) is 0 Å². The van der Waals surface area contributed by atoms with Crippen LogP contribution in [0.2, 0.25) is 0 Å². The Hall–Kier alpha value is 0.223. The van der Waals surface area contributed by atoms with E-state index >= 15 is 0 Å². The van der Waals surface area contributed by atoms with Crippen LogP contribution < -0.4 is 4.90 Å². The summed E-state index contributed by atoms with van der Waals surface area (Å²) >= 11 is -0.826. The summed E-state index contributed by atoms with van der Waals surface area (Å²) in [7, 11) is 9.87. The number of anilines is 1. The van der Waals surface area contributed by atoms with Crippen molar-refractivity contribution in [1.29, 1.82) is 0 Å². The molecule has 0 bridgehead atoms. The number of halogens is 2. The molecule has 1 nitrogen and oxygen atoms in total. The Labute approximate surface area is 135 Å². The topological polar surface area (TPSA) is 3.24 Å². The second kappa shape index (κ2) is 10.0. The third-order valence-corrected chi connectivity index (χ3v) is 2.97. The SMILES string of the molecule is CCCN(CCC)c1ccc2c(c1)[CH]C=C2.[Cl][Zr][Cl]. The van der Waals surface area contributed by atoms with Gasteiger partial charge < -0.3 is 4.90 Å². The van der Waals surface area contributed by atoms with Gasteiger partial charge in [0.05, 0.1) is 0 Å². The van der Waals surface area contributed by atoms with Crippen LogP contribution in [0.15, 0.2) is 24.3 Å². The van der Waals surface area contributed by atoms with Crippen molar-refractivity contribution in [2.24, 2.45) is 0 Å². The van der Waals surface area contributed by atoms with Gasteiger partial charge in [-0.05, 0) is 36.1 Å². The first-order valence-corrected chi connectivity index (χ1v) is 13.0. The van der Waals surface area contributed by atoms with Crippen molar-refractivity contribution in [2.75, 3.05) is 18.0 Å². The van der Waals surface area contributed by atoms with Gasteiger partial charge in [-0.25, -0.2) is 0 Å². The zero-order chi connectivity index (χ0) is 14.1. The molecule has 0 unspecified atom stereocenters. The molecule has 1 aromatic carbocycles. The van der Waals surface area contributed by atoms with Crippen molar-refractivity contribution < 1.29 is 20.8 Å². The predicted molar refractivity (Wildman–Crippen MR) is 83.4 cm³/mol.